The molecule has 2 N–H and O–H groups in total. The molecule has 2 aliphatic rings. The number of hydrogen-bond donors (Lipinski definition) is 2. The molecule has 2 unspecified atom stereocenters. The van der Waals surface area contributed by atoms with Crippen LogP contribution < -0.4 is 10.2 Å². The predicted octanol–water partition coefficient (Wildman–Crippen LogP) is 1.94. The van der Waals surface area contributed by atoms with E-state index in [1.165, 1.54) is 0 Å². The highest BCUT2D eigenvalue weighted by Gasteiger charge is 2.30. The van der Waals surface area contributed by atoms with E-state index in [2.05, 4.69) is 5.32 Å². The summed E-state index contributed by atoms with van der Waals surface area (Å²) in [6.45, 7) is 3.62. The lowest BCUT2D eigenvalue weighted by Gasteiger charge is -2.34. The van der Waals surface area contributed by atoms with Crippen LogP contribution in [0.3, 0.4) is 0 Å². The molecular formula is C19H25N3O4. The van der Waals surface area contributed by atoms with Crippen LogP contribution in [0, 0.1) is 5.92 Å². The Kier molecular flexibility index (Phi) is 5.56. The van der Waals surface area contributed by atoms with Gasteiger partial charge in [-0.3, -0.25) is 19.3 Å². The number of hydrogen-bond acceptors (Lipinski definition) is 4. The van der Waals surface area contributed by atoms with Gasteiger partial charge in [-0.1, -0.05) is 6.07 Å². The van der Waals surface area contributed by atoms with Crippen molar-refractivity contribution in [1.29, 1.82) is 0 Å². The second kappa shape index (κ2) is 7.86. The zero-order valence-corrected chi connectivity index (χ0v) is 15.0. The molecule has 0 aliphatic carbocycles. The van der Waals surface area contributed by atoms with Crippen LogP contribution in [-0.4, -0.2) is 53.5 Å². The minimum absolute atomic E-state index is 0.106. The van der Waals surface area contributed by atoms with Crippen LogP contribution in [0.1, 0.15) is 32.6 Å². The first kappa shape index (κ1) is 18.4. The molecule has 7 nitrogen and oxygen atoms in total. The number of anilines is 2. The number of nitrogens with one attached hydrogen (secondary N) is 1. The fourth-order valence-electron chi connectivity index (χ4n) is 3.64. The summed E-state index contributed by atoms with van der Waals surface area (Å²) >= 11 is 0. The molecule has 2 aliphatic heterocycles. The number of benzene rings is 1. The number of carboxylic acids is 1. The predicted molar refractivity (Wildman–Crippen MR) is 98.1 cm³/mol. The molecule has 0 aromatic heterocycles. The Balaban J connectivity index is 1.64. The first-order chi connectivity index (χ1) is 12.5. The third kappa shape index (κ3) is 4.04. The Labute approximate surface area is 153 Å². The van der Waals surface area contributed by atoms with E-state index in [9.17, 15) is 19.5 Å². The first-order valence-electron chi connectivity index (χ1n) is 9.14. The number of nitrogens with zero attached hydrogens (tertiary/aromatic N) is 2. The molecule has 0 bridgehead atoms. The van der Waals surface area contributed by atoms with E-state index in [0.29, 0.717) is 31.6 Å². The van der Waals surface area contributed by atoms with Gasteiger partial charge in [0.25, 0.3) is 0 Å². The monoisotopic (exact) mass is 359 g/mol. The standard InChI is InChI=1S/C19H25N3O4/c1-13(21-9-3-5-14(12-21)19(25)26)18(24)20-15-6-2-7-16(11-15)22-10-4-8-17(22)23/h2,6-7,11,13-14H,3-5,8-10,12H2,1H3,(H,20,24)(H,25,26). The van der Waals surface area contributed by atoms with Gasteiger partial charge in [-0.25, -0.2) is 0 Å². The summed E-state index contributed by atoms with van der Waals surface area (Å²) in [6, 6.07) is 6.89. The van der Waals surface area contributed by atoms with Crippen molar-refractivity contribution in [2.75, 3.05) is 29.9 Å². The summed E-state index contributed by atoms with van der Waals surface area (Å²) in [4.78, 5) is 39.4. The highest BCUT2D eigenvalue weighted by molar-refractivity contribution is 5.98. The molecular weight excluding hydrogens is 334 g/mol. The van der Waals surface area contributed by atoms with E-state index in [1.54, 1.807) is 17.9 Å². The minimum atomic E-state index is -0.801. The maximum Gasteiger partial charge on any atom is 0.307 e. The van der Waals surface area contributed by atoms with Crippen molar-refractivity contribution in [3.05, 3.63) is 24.3 Å². The molecule has 3 rings (SSSR count). The molecule has 2 saturated heterocycles. The van der Waals surface area contributed by atoms with Crippen LogP contribution in [0.2, 0.25) is 0 Å². The number of carbonyl (C=O) groups is 3. The number of carbonyl (C=O) groups excluding carboxylic acids is 2. The fourth-order valence-corrected chi connectivity index (χ4v) is 3.64. The molecule has 7 heteroatoms. The van der Waals surface area contributed by atoms with E-state index >= 15 is 0 Å². The van der Waals surface area contributed by atoms with Crippen molar-refractivity contribution >= 4 is 29.2 Å². The fraction of sp³-hybridized carbons (Fsp3) is 0.526. The van der Waals surface area contributed by atoms with Gasteiger partial charge in [0.15, 0.2) is 0 Å². The molecule has 0 saturated carbocycles. The van der Waals surface area contributed by atoms with Gasteiger partial charge in [0, 0.05) is 30.9 Å². The Morgan fingerprint density at radius 1 is 1.27 bits per heavy atom. The molecule has 2 amide bonds. The van der Waals surface area contributed by atoms with Gasteiger partial charge in [0.1, 0.15) is 0 Å². The van der Waals surface area contributed by atoms with Crippen LogP contribution in [0.5, 0.6) is 0 Å². The zero-order chi connectivity index (χ0) is 18.7. The van der Waals surface area contributed by atoms with Gasteiger partial charge in [-0.15, -0.1) is 0 Å². The van der Waals surface area contributed by atoms with Crippen LogP contribution in [0.25, 0.3) is 0 Å². The lowest BCUT2D eigenvalue weighted by molar-refractivity contribution is -0.144. The average Bonchev–Trinajstić information content (AvgIpc) is 3.07. The Bertz CT molecular complexity index is 706. The topological polar surface area (TPSA) is 90.0 Å². The van der Waals surface area contributed by atoms with Crippen molar-refractivity contribution in [2.24, 2.45) is 5.92 Å². The van der Waals surface area contributed by atoms with Crippen LogP contribution >= 0.6 is 0 Å². The molecule has 140 valence electrons. The third-order valence-corrected chi connectivity index (χ3v) is 5.23. The van der Waals surface area contributed by atoms with Gasteiger partial charge < -0.3 is 15.3 Å². The highest BCUT2D eigenvalue weighted by atomic mass is 16.4. The van der Waals surface area contributed by atoms with Gasteiger partial charge in [-0.2, -0.15) is 0 Å². The molecule has 26 heavy (non-hydrogen) atoms. The molecule has 2 fully saturated rings. The van der Waals surface area contributed by atoms with E-state index < -0.39 is 17.9 Å². The van der Waals surface area contributed by atoms with Gasteiger partial charge in [0.2, 0.25) is 11.8 Å². The second-order valence-corrected chi connectivity index (χ2v) is 7.04. The van der Waals surface area contributed by atoms with E-state index in [1.807, 2.05) is 23.1 Å². The third-order valence-electron chi connectivity index (χ3n) is 5.23. The van der Waals surface area contributed by atoms with Gasteiger partial charge in [-0.05, 0) is 50.9 Å². The van der Waals surface area contributed by atoms with E-state index in [-0.39, 0.29) is 11.8 Å². The number of carboxylic acid groups (broad SMARTS) is 1. The summed E-state index contributed by atoms with van der Waals surface area (Å²) in [5, 5.41) is 12.1. The Morgan fingerprint density at radius 2 is 2.08 bits per heavy atom. The van der Waals surface area contributed by atoms with Gasteiger partial charge >= 0.3 is 5.97 Å². The highest BCUT2D eigenvalue weighted by Crippen LogP contribution is 2.25. The normalized spacial score (nSPS) is 22.3. The number of aliphatic carboxylic acids is 1. The molecule has 1 aromatic carbocycles. The largest absolute Gasteiger partial charge is 0.481 e. The number of likely N-dealkylation sites (tertiary alicyclic amines) is 1. The first-order valence-corrected chi connectivity index (χ1v) is 9.14. The summed E-state index contributed by atoms with van der Waals surface area (Å²) in [5.74, 6) is -1.27. The van der Waals surface area contributed by atoms with E-state index in [4.69, 9.17) is 0 Å². The summed E-state index contributed by atoms with van der Waals surface area (Å²) < 4.78 is 0. The molecule has 0 radical (unpaired) electrons. The number of rotatable bonds is 5. The van der Waals surface area contributed by atoms with Crippen LogP contribution in [0.15, 0.2) is 24.3 Å². The van der Waals surface area contributed by atoms with Crippen molar-refractivity contribution in [3.63, 3.8) is 0 Å². The molecule has 2 atom stereocenters. The molecule has 1 aromatic rings. The van der Waals surface area contributed by atoms with E-state index in [0.717, 1.165) is 25.1 Å². The smallest absolute Gasteiger partial charge is 0.307 e. The maximum absolute atomic E-state index is 12.6. The average molecular weight is 359 g/mol. The summed E-state index contributed by atoms with van der Waals surface area (Å²) in [5.41, 5.74) is 1.44. The Hall–Kier alpha value is -2.41. The zero-order valence-electron chi connectivity index (χ0n) is 15.0. The lowest BCUT2D eigenvalue weighted by atomic mass is 9.97. The number of piperidine rings is 1. The SMILES string of the molecule is CC(C(=O)Nc1cccc(N2CCCC2=O)c1)N1CCCC(C(=O)O)C1. The van der Waals surface area contributed by atoms with Crippen molar-refractivity contribution in [2.45, 2.75) is 38.6 Å². The molecule has 0 spiro atoms. The van der Waals surface area contributed by atoms with Crippen molar-refractivity contribution < 1.29 is 19.5 Å². The second-order valence-electron chi connectivity index (χ2n) is 7.04. The lowest BCUT2D eigenvalue weighted by Crippen LogP contribution is -2.48. The minimum Gasteiger partial charge on any atom is -0.481 e. The summed E-state index contributed by atoms with van der Waals surface area (Å²) in [6.07, 6.45) is 2.85. The molecule has 2 heterocycles. The maximum atomic E-state index is 12.6. The van der Waals surface area contributed by atoms with Gasteiger partial charge in [0.05, 0.1) is 12.0 Å². The summed E-state index contributed by atoms with van der Waals surface area (Å²) in [7, 11) is 0. The van der Waals surface area contributed by atoms with Crippen LogP contribution in [0.4, 0.5) is 11.4 Å². The number of amides is 2. The van der Waals surface area contributed by atoms with Crippen molar-refractivity contribution in [1.82, 2.24) is 4.90 Å². The Morgan fingerprint density at radius 3 is 2.77 bits per heavy atom. The van der Waals surface area contributed by atoms with Crippen LogP contribution in [-0.2, 0) is 14.4 Å². The quantitative estimate of drug-likeness (QED) is 0.838. The van der Waals surface area contributed by atoms with Crippen molar-refractivity contribution in [3.8, 4) is 0 Å².